The number of sulfonamides is 2. The van der Waals surface area contributed by atoms with Crippen LogP contribution < -0.4 is 0 Å². The molecule has 0 aliphatic carbocycles. The monoisotopic (exact) mass is 425 g/mol. The maximum Gasteiger partial charge on any atom is 0.244 e. The van der Waals surface area contributed by atoms with E-state index >= 15 is 0 Å². The Bertz CT molecular complexity index is 1090. The van der Waals surface area contributed by atoms with Crippen LogP contribution in [0.25, 0.3) is 0 Å². The Morgan fingerprint density at radius 3 is 1.85 bits per heavy atom. The van der Waals surface area contributed by atoms with Gasteiger partial charge < -0.3 is 0 Å². The molecular weight excluding hydrogens is 410 g/mol. The lowest BCUT2D eigenvalue weighted by Gasteiger charge is -2.33. The van der Waals surface area contributed by atoms with Crippen molar-refractivity contribution < 1.29 is 16.8 Å². The minimum absolute atomic E-state index is 0.00932. The van der Waals surface area contributed by atoms with Crippen molar-refractivity contribution in [3.05, 3.63) is 59.1 Å². The van der Waals surface area contributed by atoms with E-state index < -0.39 is 20.0 Å². The van der Waals surface area contributed by atoms with E-state index in [9.17, 15) is 16.8 Å². The van der Waals surface area contributed by atoms with Crippen molar-refractivity contribution in [2.75, 3.05) is 26.2 Å². The van der Waals surface area contributed by atoms with Gasteiger partial charge in [-0.3, -0.25) is 0 Å². The van der Waals surface area contributed by atoms with Gasteiger partial charge in [0.1, 0.15) is 4.90 Å². The molecule has 0 bridgehead atoms. The SMILES string of the molecule is N#Cc1ccc(S(=O)(=O)N2CCN(S(=O)(=O)c3ccccc3Cl)CC2)cc1. The van der Waals surface area contributed by atoms with E-state index in [1.807, 2.05) is 6.07 Å². The maximum atomic E-state index is 12.7. The Labute approximate surface area is 163 Å². The lowest BCUT2D eigenvalue weighted by molar-refractivity contribution is 0.273. The standard InChI is InChI=1S/C17H16ClN3O4S2/c18-16-3-1-2-4-17(16)27(24,25)21-11-9-20(10-12-21)26(22,23)15-7-5-14(13-19)6-8-15/h1-8H,9-12H2. The van der Waals surface area contributed by atoms with E-state index in [1.165, 1.54) is 45.0 Å². The summed E-state index contributed by atoms with van der Waals surface area (Å²) in [5, 5.41) is 8.95. The fourth-order valence-corrected chi connectivity index (χ4v) is 6.13. The van der Waals surface area contributed by atoms with Crippen molar-refractivity contribution in [2.24, 2.45) is 0 Å². The number of nitriles is 1. The van der Waals surface area contributed by atoms with Crippen LogP contribution in [0.4, 0.5) is 0 Å². The molecule has 0 aromatic heterocycles. The molecule has 0 unspecified atom stereocenters. The molecule has 0 N–H and O–H groups in total. The van der Waals surface area contributed by atoms with E-state index in [4.69, 9.17) is 16.9 Å². The van der Waals surface area contributed by atoms with Crippen LogP contribution in [0.1, 0.15) is 5.56 Å². The molecule has 0 radical (unpaired) electrons. The minimum Gasteiger partial charge on any atom is -0.207 e. The van der Waals surface area contributed by atoms with Gasteiger partial charge in [-0.15, -0.1) is 0 Å². The Morgan fingerprint density at radius 2 is 1.33 bits per heavy atom. The summed E-state index contributed by atoms with van der Waals surface area (Å²) in [7, 11) is -7.54. The van der Waals surface area contributed by atoms with Crippen LogP contribution in [0.5, 0.6) is 0 Å². The molecule has 7 nitrogen and oxygen atoms in total. The van der Waals surface area contributed by atoms with E-state index in [0.717, 1.165) is 0 Å². The molecule has 3 rings (SSSR count). The number of nitrogens with zero attached hydrogens (tertiary/aromatic N) is 3. The zero-order valence-electron chi connectivity index (χ0n) is 14.1. The molecule has 1 fully saturated rings. The molecule has 142 valence electrons. The molecule has 1 aliphatic rings. The van der Waals surface area contributed by atoms with Crippen molar-refractivity contribution in [2.45, 2.75) is 9.79 Å². The average molecular weight is 426 g/mol. The number of hydrogen-bond donors (Lipinski definition) is 0. The average Bonchev–Trinajstić information content (AvgIpc) is 2.68. The van der Waals surface area contributed by atoms with Crippen molar-refractivity contribution in [3.8, 4) is 6.07 Å². The molecule has 2 aromatic rings. The highest BCUT2D eigenvalue weighted by atomic mass is 35.5. The van der Waals surface area contributed by atoms with Gasteiger partial charge in [0, 0.05) is 26.2 Å². The number of rotatable bonds is 4. The van der Waals surface area contributed by atoms with Gasteiger partial charge in [0.15, 0.2) is 0 Å². The van der Waals surface area contributed by atoms with Crippen LogP contribution in [0.3, 0.4) is 0 Å². The summed E-state index contributed by atoms with van der Waals surface area (Å²) in [6.45, 7) is 0.129. The van der Waals surface area contributed by atoms with Crippen LogP contribution in [-0.2, 0) is 20.0 Å². The van der Waals surface area contributed by atoms with Gasteiger partial charge in [0.05, 0.1) is 21.6 Å². The van der Waals surface area contributed by atoms with Gasteiger partial charge in [-0.25, -0.2) is 16.8 Å². The molecule has 0 atom stereocenters. The molecule has 0 amide bonds. The quantitative estimate of drug-likeness (QED) is 0.745. The van der Waals surface area contributed by atoms with Crippen LogP contribution in [0.2, 0.25) is 5.02 Å². The number of piperazine rings is 1. The van der Waals surface area contributed by atoms with Crippen LogP contribution in [0, 0.1) is 11.3 Å². The molecule has 27 heavy (non-hydrogen) atoms. The van der Waals surface area contributed by atoms with Gasteiger partial charge in [0.25, 0.3) is 0 Å². The summed E-state index contributed by atoms with van der Waals surface area (Å²) in [4.78, 5) is 0.0824. The highest BCUT2D eigenvalue weighted by Crippen LogP contribution is 2.26. The molecule has 1 aliphatic heterocycles. The third kappa shape index (κ3) is 3.85. The Balaban J connectivity index is 1.77. The smallest absolute Gasteiger partial charge is 0.207 e. The summed E-state index contributed by atoms with van der Waals surface area (Å²) < 4.78 is 53.4. The lowest BCUT2D eigenvalue weighted by Crippen LogP contribution is -2.50. The Kier molecular flexibility index (Phi) is 5.55. The zero-order chi connectivity index (χ0) is 19.7. The molecule has 2 aromatic carbocycles. The summed E-state index contributed by atoms with van der Waals surface area (Å²) in [6, 6.07) is 13.7. The molecule has 0 saturated carbocycles. The normalized spacial score (nSPS) is 16.7. The lowest BCUT2D eigenvalue weighted by atomic mass is 10.2. The predicted molar refractivity (Wildman–Crippen MR) is 100 cm³/mol. The summed E-state index contributed by atoms with van der Waals surface area (Å²) in [6.07, 6.45) is 0. The summed E-state index contributed by atoms with van der Waals surface area (Å²) in [5.74, 6) is 0. The summed E-state index contributed by atoms with van der Waals surface area (Å²) >= 11 is 6.00. The second kappa shape index (κ2) is 7.58. The number of halogens is 1. The first-order chi connectivity index (χ1) is 12.8. The second-order valence-corrected chi connectivity index (χ2v) is 10.1. The topological polar surface area (TPSA) is 98.5 Å². The van der Waals surface area contributed by atoms with Crippen molar-refractivity contribution in [1.82, 2.24) is 8.61 Å². The van der Waals surface area contributed by atoms with Gasteiger partial charge in [-0.05, 0) is 36.4 Å². The third-order valence-electron chi connectivity index (χ3n) is 4.27. The third-order valence-corrected chi connectivity index (χ3v) is 8.58. The molecule has 0 spiro atoms. The molecular formula is C17H16ClN3O4S2. The maximum absolute atomic E-state index is 12.7. The zero-order valence-corrected chi connectivity index (χ0v) is 16.5. The van der Waals surface area contributed by atoms with E-state index in [0.29, 0.717) is 5.56 Å². The predicted octanol–water partition coefficient (Wildman–Crippen LogP) is 1.91. The minimum atomic E-state index is -3.79. The molecule has 1 saturated heterocycles. The van der Waals surface area contributed by atoms with Crippen LogP contribution in [0.15, 0.2) is 58.3 Å². The fraction of sp³-hybridized carbons (Fsp3) is 0.235. The van der Waals surface area contributed by atoms with Gasteiger partial charge >= 0.3 is 0 Å². The first-order valence-corrected chi connectivity index (χ1v) is 11.3. The van der Waals surface area contributed by atoms with E-state index in [-0.39, 0.29) is 41.0 Å². The Morgan fingerprint density at radius 1 is 0.815 bits per heavy atom. The fourth-order valence-electron chi connectivity index (χ4n) is 2.79. The van der Waals surface area contributed by atoms with E-state index in [2.05, 4.69) is 0 Å². The van der Waals surface area contributed by atoms with E-state index in [1.54, 1.807) is 12.1 Å². The molecule has 1 heterocycles. The van der Waals surface area contributed by atoms with Crippen molar-refractivity contribution in [1.29, 1.82) is 5.26 Å². The highest BCUT2D eigenvalue weighted by Gasteiger charge is 2.34. The Hall–Kier alpha value is -1.96. The number of hydrogen-bond acceptors (Lipinski definition) is 5. The summed E-state index contributed by atoms with van der Waals surface area (Å²) in [5.41, 5.74) is 0.365. The van der Waals surface area contributed by atoms with Crippen LogP contribution >= 0.6 is 11.6 Å². The first-order valence-electron chi connectivity index (χ1n) is 8.02. The van der Waals surface area contributed by atoms with Crippen molar-refractivity contribution in [3.63, 3.8) is 0 Å². The van der Waals surface area contributed by atoms with Gasteiger partial charge in [0.2, 0.25) is 20.0 Å². The van der Waals surface area contributed by atoms with Gasteiger partial charge in [-0.2, -0.15) is 13.9 Å². The van der Waals surface area contributed by atoms with Crippen LogP contribution in [-0.4, -0.2) is 51.6 Å². The number of benzene rings is 2. The molecule has 10 heteroatoms. The van der Waals surface area contributed by atoms with Crippen molar-refractivity contribution >= 4 is 31.6 Å². The highest BCUT2D eigenvalue weighted by molar-refractivity contribution is 7.89. The largest absolute Gasteiger partial charge is 0.244 e. The first kappa shape index (κ1) is 19.8. The second-order valence-electron chi connectivity index (χ2n) is 5.87. The van der Waals surface area contributed by atoms with Gasteiger partial charge in [-0.1, -0.05) is 23.7 Å².